The first-order valence-corrected chi connectivity index (χ1v) is 9.91. The van der Waals surface area contributed by atoms with Crippen LogP contribution in [0.15, 0.2) is 30.6 Å². The van der Waals surface area contributed by atoms with Gasteiger partial charge in [-0.15, -0.1) is 37.2 Å². The minimum Gasteiger partial charge on any atom is -0.507 e. The molecule has 0 saturated carbocycles. The number of benzene rings is 1. The number of phenolic OH excluding ortho intramolecular Hbond substituents is 1. The van der Waals surface area contributed by atoms with Gasteiger partial charge in [-0.2, -0.15) is 0 Å². The number of pyridine rings is 1. The van der Waals surface area contributed by atoms with E-state index in [-0.39, 0.29) is 48.9 Å². The van der Waals surface area contributed by atoms with Gasteiger partial charge in [-0.3, -0.25) is 9.78 Å². The number of aromatic hydroxyl groups is 1. The van der Waals surface area contributed by atoms with Gasteiger partial charge in [0.15, 0.2) is 0 Å². The van der Waals surface area contributed by atoms with Crippen LogP contribution in [0.3, 0.4) is 0 Å². The molecule has 33 heavy (non-hydrogen) atoms. The van der Waals surface area contributed by atoms with Crippen molar-refractivity contribution in [1.29, 1.82) is 0 Å². The van der Waals surface area contributed by atoms with Crippen molar-refractivity contribution in [3.8, 4) is 16.9 Å². The summed E-state index contributed by atoms with van der Waals surface area (Å²) in [5, 5.41) is 12.1. The third kappa shape index (κ3) is 6.11. The Balaban J connectivity index is 0.00000341. The molecule has 1 N–H and O–H groups in total. The largest absolute Gasteiger partial charge is 0.507 e. The maximum absolute atomic E-state index is 13.3. The van der Waals surface area contributed by atoms with Crippen LogP contribution < -0.4 is 0 Å². The molecule has 3 aromatic rings. The molecule has 184 valence electrons. The van der Waals surface area contributed by atoms with Crippen LogP contribution in [0.25, 0.3) is 22.0 Å². The van der Waals surface area contributed by atoms with E-state index >= 15 is 0 Å². The lowest BCUT2D eigenvalue weighted by Gasteiger charge is -2.18. The highest BCUT2D eigenvalue weighted by molar-refractivity contribution is 6.11. The van der Waals surface area contributed by atoms with E-state index in [0.717, 1.165) is 27.7 Å². The molecular formula is C23H34Cl3N5O2. The Morgan fingerprint density at radius 2 is 1.64 bits per heavy atom. The molecule has 7 nitrogen and oxygen atoms in total. The summed E-state index contributed by atoms with van der Waals surface area (Å²) in [6.45, 7) is 1.13. The van der Waals surface area contributed by atoms with Gasteiger partial charge in [-0.25, -0.2) is 0 Å². The summed E-state index contributed by atoms with van der Waals surface area (Å²) in [6.07, 6.45) is 3.46. The lowest BCUT2D eigenvalue weighted by atomic mass is 9.96. The molecule has 0 fully saturated rings. The monoisotopic (exact) mass is 517 g/mol. The molecule has 0 aliphatic rings. The van der Waals surface area contributed by atoms with Gasteiger partial charge in [0.05, 0.1) is 11.1 Å². The standard InChI is InChI=1S/C23H31N5O2.3ClH/c1-25(2)13-17-20-18(11-16(22(17)29)15-9-8-10-24-12-15)28(7)19(14-26(3)4)21(20)23(30)27(5)6;;;/h8-12,29H,13-14H2,1-7H3;3*1H. The first-order valence-electron chi connectivity index (χ1n) is 9.91. The van der Waals surface area contributed by atoms with Gasteiger partial charge in [0.1, 0.15) is 5.75 Å². The van der Waals surface area contributed by atoms with Crippen molar-refractivity contribution in [1.82, 2.24) is 24.3 Å². The van der Waals surface area contributed by atoms with Gasteiger partial charge < -0.3 is 24.4 Å². The highest BCUT2D eigenvalue weighted by Gasteiger charge is 2.28. The Bertz CT molecular complexity index is 1080. The maximum Gasteiger partial charge on any atom is 0.255 e. The summed E-state index contributed by atoms with van der Waals surface area (Å²) < 4.78 is 2.07. The third-order valence-corrected chi connectivity index (χ3v) is 5.22. The summed E-state index contributed by atoms with van der Waals surface area (Å²) >= 11 is 0. The maximum atomic E-state index is 13.3. The molecule has 0 radical (unpaired) electrons. The summed E-state index contributed by atoms with van der Waals surface area (Å²) in [5.74, 6) is 0.130. The SMILES string of the molecule is CN(C)Cc1c(O)c(-c2cccnc2)cc2c1c(C(=O)N(C)C)c(CN(C)C)n2C.Cl.Cl.Cl. The van der Waals surface area contributed by atoms with Crippen LogP contribution in [0.1, 0.15) is 21.6 Å². The fraction of sp³-hybridized carbons (Fsp3) is 0.391. The van der Waals surface area contributed by atoms with Crippen LogP contribution in [0.5, 0.6) is 5.75 Å². The molecule has 2 aromatic heterocycles. The minimum atomic E-state index is -0.0639. The first-order chi connectivity index (χ1) is 14.1. The second kappa shape index (κ2) is 12.4. The predicted octanol–water partition coefficient (Wildman–Crippen LogP) is 4.04. The van der Waals surface area contributed by atoms with Crippen molar-refractivity contribution < 1.29 is 9.90 Å². The zero-order chi connectivity index (χ0) is 22.2. The number of nitrogens with zero attached hydrogens (tertiary/aromatic N) is 5. The third-order valence-electron chi connectivity index (χ3n) is 5.22. The molecule has 0 spiro atoms. The van der Waals surface area contributed by atoms with Crippen LogP contribution in [-0.4, -0.2) is 77.6 Å². The van der Waals surface area contributed by atoms with Gasteiger partial charge in [-0.1, -0.05) is 6.07 Å². The summed E-state index contributed by atoms with van der Waals surface area (Å²) in [4.78, 5) is 23.1. The Kier molecular flexibility index (Phi) is 11.7. The Morgan fingerprint density at radius 1 is 1.03 bits per heavy atom. The van der Waals surface area contributed by atoms with E-state index in [0.29, 0.717) is 24.2 Å². The number of hydrogen-bond acceptors (Lipinski definition) is 5. The first kappa shape index (κ1) is 31.0. The van der Waals surface area contributed by atoms with Gasteiger partial charge in [0.2, 0.25) is 0 Å². The Hall–Kier alpha value is -2.03. The van der Waals surface area contributed by atoms with Gasteiger partial charge in [0.25, 0.3) is 5.91 Å². The molecule has 1 aromatic carbocycles. The zero-order valence-electron chi connectivity index (χ0n) is 20.1. The molecule has 0 aliphatic carbocycles. The molecule has 2 heterocycles. The van der Waals surface area contributed by atoms with Gasteiger partial charge in [0, 0.05) is 74.4 Å². The predicted molar refractivity (Wildman–Crippen MR) is 142 cm³/mol. The van der Waals surface area contributed by atoms with Crippen molar-refractivity contribution in [2.75, 3.05) is 42.3 Å². The molecule has 0 unspecified atom stereocenters. The minimum absolute atomic E-state index is 0. The lowest BCUT2D eigenvalue weighted by Crippen LogP contribution is -2.25. The van der Waals surface area contributed by atoms with Crippen molar-refractivity contribution in [3.63, 3.8) is 0 Å². The van der Waals surface area contributed by atoms with Crippen LogP contribution in [0, 0.1) is 0 Å². The Morgan fingerprint density at radius 3 is 2.12 bits per heavy atom. The number of hydrogen-bond donors (Lipinski definition) is 1. The van der Waals surface area contributed by atoms with E-state index in [9.17, 15) is 9.90 Å². The van der Waals surface area contributed by atoms with Crippen molar-refractivity contribution in [3.05, 3.63) is 47.4 Å². The van der Waals surface area contributed by atoms with E-state index in [1.807, 2.05) is 63.2 Å². The highest BCUT2D eigenvalue weighted by Crippen LogP contribution is 2.41. The molecule has 0 saturated heterocycles. The number of carbonyl (C=O) groups is 1. The molecule has 1 amide bonds. The normalized spacial score (nSPS) is 10.6. The van der Waals surface area contributed by atoms with Gasteiger partial charge in [-0.05, 0) is 40.3 Å². The zero-order valence-corrected chi connectivity index (χ0v) is 22.6. The van der Waals surface area contributed by atoms with E-state index in [4.69, 9.17) is 0 Å². The van der Waals surface area contributed by atoms with Crippen molar-refractivity contribution in [2.24, 2.45) is 7.05 Å². The average Bonchev–Trinajstić information content (AvgIpc) is 2.95. The number of carbonyl (C=O) groups excluding carboxylic acids is 1. The Labute approximate surface area is 214 Å². The lowest BCUT2D eigenvalue weighted by molar-refractivity contribution is 0.0827. The number of aromatic nitrogens is 2. The van der Waals surface area contributed by atoms with E-state index in [1.54, 1.807) is 31.4 Å². The number of halogens is 3. The van der Waals surface area contributed by atoms with Crippen LogP contribution in [-0.2, 0) is 20.1 Å². The second-order valence-corrected chi connectivity index (χ2v) is 8.44. The molecule has 10 heteroatoms. The number of phenols is 1. The molecule has 0 aliphatic heterocycles. The second-order valence-electron chi connectivity index (χ2n) is 8.44. The van der Waals surface area contributed by atoms with Crippen LogP contribution in [0.2, 0.25) is 0 Å². The smallest absolute Gasteiger partial charge is 0.255 e. The number of aryl methyl sites for hydroxylation is 1. The van der Waals surface area contributed by atoms with Crippen molar-refractivity contribution in [2.45, 2.75) is 13.1 Å². The fourth-order valence-corrected chi connectivity index (χ4v) is 3.86. The fourth-order valence-electron chi connectivity index (χ4n) is 3.86. The van der Waals surface area contributed by atoms with Gasteiger partial charge >= 0.3 is 0 Å². The topological polar surface area (TPSA) is 64.8 Å². The average molecular weight is 519 g/mol. The molecule has 0 bridgehead atoms. The van der Waals surface area contributed by atoms with Crippen molar-refractivity contribution >= 4 is 54.0 Å². The van der Waals surface area contributed by atoms with E-state index in [2.05, 4.69) is 9.55 Å². The molecule has 0 atom stereocenters. The van der Waals surface area contributed by atoms with Crippen LogP contribution >= 0.6 is 37.2 Å². The molecular weight excluding hydrogens is 485 g/mol. The quantitative estimate of drug-likeness (QED) is 0.534. The van der Waals surface area contributed by atoms with E-state index in [1.165, 1.54) is 0 Å². The highest BCUT2D eigenvalue weighted by atomic mass is 35.5. The number of rotatable bonds is 6. The number of fused-ring (bicyclic) bond motifs is 1. The summed E-state index contributed by atoms with van der Waals surface area (Å²) in [7, 11) is 13.4. The van der Waals surface area contributed by atoms with Crippen LogP contribution in [0.4, 0.5) is 0 Å². The summed E-state index contributed by atoms with van der Waals surface area (Å²) in [6, 6.07) is 5.75. The van der Waals surface area contributed by atoms with E-state index < -0.39 is 0 Å². The number of amides is 1. The summed E-state index contributed by atoms with van der Waals surface area (Å²) in [5.41, 5.74) is 4.81. The molecule has 3 rings (SSSR count).